The van der Waals surface area contributed by atoms with Crippen LogP contribution in [0, 0.1) is 11.8 Å². The molecule has 0 aliphatic carbocycles. The van der Waals surface area contributed by atoms with Gasteiger partial charge in [0.15, 0.2) is 0 Å². The Morgan fingerprint density at radius 3 is 2.33 bits per heavy atom. The molecule has 2 fully saturated rings. The highest BCUT2D eigenvalue weighted by molar-refractivity contribution is 5.86. The van der Waals surface area contributed by atoms with Gasteiger partial charge in [-0.05, 0) is 26.2 Å². The number of nitrogens with zero attached hydrogens (tertiary/aromatic N) is 1. The van der Waals surface area contributed by atoms with Gasteiger partial charge in [0.25, 0.3) is 0 Å². The topological polar surface area (TPSA) is 66.8 Å². The molecular formula is C13H21NO4. The summed E-state index contributed by atoms with van der Waals surface area (Å²) < 4.78 is 5.62. The molecule has 0 spiro atoms. The van der Waals surface area contributed by atoms with Crippen molar-refractivity contribution in [3.8, 4) is 0 Å². The molecule has 5 nitrogen and oxygen atoms in total. The lowest BCUT2D eigenvalue weighted by Gasteiger charge is -2.29. The van der Waals surface area contributed by atoms with Crippen LogP contribution in [0.25, 0.3) is 0 Å². The molecule has 4 unspecified atom stereocenters. The normalized spacial score (nSPS) is 33.7. The number of hydrogen-bond donors (Lipinski definition) is 1. The SMILES string of the molecule is CCCN(CC)C(=O)C1C2CCC(O2)C1C(=O)O. The smallest absolute Gasteiger partial charge is 0.310 e. The third-order valence-corrected chi connectivity index (χ3v) is 4.03. The lowest BCUT2D eigenvalue weighted by Crippen LogP contribution is -2.46. The van der Waals surface area contributed by atoms with Gasteiger partial charge in [0, 0.05) is 13.1 Å². The standard InChI is InChI=1S/C13H21NO4/c1-3-7-14(4-2)12(15)10-8-5-6-9(18-8)11(10)13(16)17/h8-11H,3-7H2,1-2H3,(H,16,17). The number of fused-ring (bicyclic) bond motifs is 2. The first-order valence-corrected chi connectivity index (χ1v) is 6.77. The van der Waals surface area contributed by atoms with Crippen molar-refractivity contribution in [2.75, 3.05) is 13.1 Å². The van der Waals surface area contributed by atoms with E-state index in [-0.39, 0.29) is 18.1 Å². The fraction of sp³-hybridized carbons (Fsp3) is 0.846. The minimum Gasteiger partial charge on any atom is -0.481 e. The van der Waals surface area contributed by atoms with Crippen molar-refractivity contribution in [3.63, 3.8) is 0 Å². The van der Waals surface area contributed by atoms with Gasteiger partial charge in [0.05, 0.1) is 24.0 Å². The third-order valence-electron chi connectivity index (χ3n) is 4.03. The molecule has 2 bridgehead atoms. The number of carboxylic acid groups (broad SMARTS) is 1. The number of carbonyl (C=O) groups excluding carboxylic acids is 1. The Morgan fingerprint density at radius 2 is 1.83 bits per heavy atom. The van der Waals surface area contributed by atoms with E-state index in [1.807, 2.05) is 13.8 Å². The fourth-order valence-electron chi connectivity index (χ4n) is 3.21. The molecule has 4 atom stereocenters. The molecule has 1 N–H and O–H groups in total. The summed E-state index contributed by atoms with van der Waals surface area (Å²) in [4.78, 5) is 25.5. The third kappa shape index (κ3) is 2.11. The Bertz CT molecular complexity index is 344. The van der Waals surface area contributed by atoms with Crippen molar-refractivity contribution in [1.82, 2.24) is 4.90 Å². The number of rotatable bonds is 5. The number of carbonyl (C=O) groups is 2. The number of aliphatic carboxylic acids is 1. The Hall–Kier alpha value is -1.10. The van der Waals surface area contributed by atoms with Crippen molar-refractivity contribution >= 4 is 11.9 Å². The number of ether oxygens (including phenoxy) is 1. The van der Waals surface area contributed by atoms with Gasteiger partial charge in [-0.2, -0.15) is 0 Å². The minimum atomic E-state index is -0.895. The first kappa shape index (κ1) is 13.3. The molecular weight excluding hydrogens is 234 g/mol. The van der Waals surface area contributed by atoms with E-state index in [1.54, 1.807) is 4.90 Å². The van der Waals surface area contributed by atoms with Crippen LogP contribution in [0.5, 0.6) is 0 Å². The highest BCUT2D eigenvalue weighted by atomic mass is 16.5. The van der Waals surface area contributed by atoms with Crippen LogP contribution >= 0.6 is 0 Å². The van der Waals surface area contributed by atoms with E-state index in [4.69, 9.17) is 4.74 Å². The maximum atomic E-state index is 12.5. The molecule has 5 heteroatoms. The van der Waals surface area contributed by atoms with Gasteiger partial charge in [-0.15, -0.1) is 0 Å². The van der Waals surface area contributed by atoms with Gasteiger partial charge in [0.2, 0.25) is 5.91 Å². The molecule has 0 radical (unpaired) electrons. The molecule has 0 aromatic carbocycles. The van der Waals surface area contributed by atoms with Gasteiger partial charge >= 0.3 is 5.97 Å². The Labute approximate surface area is 107 Å². The monoisotopic (exact) mass is 255 g/mol. The predicted octanol–water partition coefficient (Wildman–Crippen LogP) is 1.12. The maximum Gasteiger partial charge on any atom is 0.310 e. The summed E-state index contributed by atoms with van der Waals surface area (Å²) in [6.45, 7) is 5.27. The van der Waals surface area contributed by atoms with Crippen LogP contribution in [0.4, 0.5) is 0 Å². The maximum absolute atomic E-state index is 12.5. The van der Waals surface area contributed by atoms with Crippen LogP contribution in [0.15, 0.2) is 0 Å². The zero-order chi connectivity index (χ0) is 13.3. The van der Waals surface area contributed by atoms with Crippen molar-refractivity contribution in [2.24, 2.45) is 11.8 Å². The first-order chi connectivity index (χ1) is 8.60. The van der Waals surface area contributed by atoms with Crippen LogP contribution in [0.3, 0.4) is 0 Å². The van der Waals surface area contributed by atoms with Gasteiger partial charge < -0.3 is 14.7 Å². The van der Waals surface area contributed by atoms with Crippen molar-refractivity contribution < 1.29 is 19.4 Å². The molecule has 0 aromatic rings. The van der Waals surface area contributed by atoms with Crippen LogP contribution in [-0.2, 0) is 14.3 Å². The number of carboxylic acids is 1. The number of amides is 1. The van der Waals surface area contributed by atoms with Gasteiger partial charge in [-0.1, -0.05) is 6.92 Å². The van der Waals surface area contributed by atoms with Gasteiger partial charge in [-0.25, -0.2) is 0 Å². The molecule has 2 rings (SSSR count). The molecule has 2 aliphatic rings. The van der Waals surface area contributed by atoms with Crippen molar-refractivity contribution in [2.45, 2.75) is 45.3 Å². The molecule has 2 saturated heterocycles. The molecule has 1 amide bonds. The average molecular weight is 255 g/mol. The molecule has 18 heavy (non-hydrogen) atoms. The summed E-state index contributed by atoms with van der Waals surface area (Å²) in [5.74, 6) is -2.07. The van der Waals surface area contributed by atoms with E-state index in [1.165, 1.54) is 0 Å². The van der Waals surface area contributed by atoms with E-state index in [2.05, 4.69) is 0 Å². The molecule has 0 aromatic heterocycles. The number of hydrogen-bond acceptors (Lipinski definition) is 3. The highest BCUT2D eigenvalue weighted by Crippen LogP contribution is 2.44. The van der Waals surface area contributed by atoms with E-state index in [0.29, 0.717) is 13.1 Å². The fourth-order valence-corrected chi connectivity index (χ4v) is 3.21. The van der Waals surface area contributed by atoms with Crippen LogP contribution in [-0.4, -0.2) is 47.2 Å². The zero-order valence-corrected chi connectivity index (χ0v) is 11.0. The van der Waals surface area contributed by atoms with Gasteiger partial charge in [-0.3, -0.25) is 9.59 Å². The first-order valence-electron chi connectivity index (χ1n) is 6.77. The molecule has 2 aliphatic heterocycles. The van der Waals surface area contributed by atoms with Crippen LogP contribution in [0.2, 0.25) is 0 Å². The minimum absolute atomic E-state index is 0.0426. The molecule has 0 saturated carbocycles. The highest BCUT2D eigenvalue weighted by Gasteiger charge is 2.56. The summed E-state index contributed by atoms with van der Waals surface area (Å²) in [6, 6.07) is 0. The summed E-state index contributed by atoms with van der Waals surface area (Å²) in [5, 5.41) is 9.29. The van der Waals surface area contributed by atoms with Crippen molar-refractivity contribution in [1.29, 1.82) is 0 Å². The summed E-state index contributed by atoms with van der Waals surface area (Å²) in [5.41, 5.74) is 0. The second-order valence-electron chi connectivity index (χ2n) is 5.10. The molecule has 102 valence electrons. The summed E-state index contributed by atoms with van der Waals surface area (Å²) >= 11 is 0. The summed E-state index contributed by atoms with van der Waals surface area (Å²) in [6.07, 6.45) is 2.02. The van der Waals surface area contributed by atoms with Gasteiger partial charge in [0.1, 0.15) is 0 Å². The predicted molar refractivity (Wildman–Crippen MR) is 65.1 cm³/mol. The quantitative estimate of drug-likeness (QED) is 0.799. The lowest BCUT2D eigenvalue weighted by atomic mass is 9.78. The Kier molecular flexibility index (Phi) is 3.90. The molecule has 2 heterocycles. The van der Waals surface area contributed by atoms with E-state index in [9.17, 15) is 14.7 Å². The van der Waals surface area contributed by atoms with E-state index in [0.717, 1.165) is 19.3 Å². The van der Waals surface area contributed by atoms with E-state index >= 15 is 0 Å². The second kappa shape index (κ2) is 5.26. The Balaban J connectivity index is 2.15. The average Bonchev–Trinajstić information content (AvgIpc) is 2.94. The Morgan fingerprint density at radius 1 is 1.22 bits per heavy atom. The largest absolute Gasteiger partial charge is 0.481 e. The van der Waals surface area contributed by atoms with Crippen LogP contribution < -0.4 is 0 Å². The lowest BCUT2D eigenvalue weighted by molar-refractivity contribution is -0.150. The second-order valence-corrected chi connectivity index (χ2v) is 5.10. The zero-order valence-electron chi connectivity index (χ0n) is 11.0. The van der Waals surface area contributed by atoms with Crippen molar-refractivity contribution in [3.05, 3.63) is 0 Å². The van der Waals surface area contributed by atoms with E-state index < -0.39 is 17.8 Å². The van der Waals surface area contributed by atoms with Crippen LogP contribution in [0.1, 0.15) is 33.1 Å². The summed E-state index contributed by atoms with van der Waals surface area (Å²) in [7, 11) is 0.